The van der Waals surface area contributed by atoms with Crippen LogP contribution < -0.4 is 0 Å². The average molecular weight is 190 g/mol. The van der Waals surface area contributed by atoms with Gasteiger partial charge in [-0.15, -0.1) is 0 Å². The van der Waals surface area contributed by atoms with Gasteiger partial charge < -0.3 is 0 Å². The first-order valence-corrected chi connectivity index (χ1v) is 4.84. The van der Waals surface area contributed by atoms with Crippen molar-refractivity contribution in [3.8, 4) is 0 Å². The van der Waals surface area contributed by atoms with Crippen molar-refractivity contribution >= 4 is 5.78 Å². The SMILES string of the molecule is CC(=O)C1c2ncccc2CCN1C. The van der Waals surface area contributed by atoms with Crippen molar-refractivity contribution in [2.24, 2.45) is 0 Å². The first-order chi connectivity index (χ1) is 6.70. The zero-order valence-corrected chi connectivity index (χ0v) is 8.53. The zero-order chi connectivity index (χ0) is 10.1. The Morgan fingerprint density at radius 1 is 1.64 bits per heavy atom. The molecule has 2 heterocycles. The van der Waals surface area contributed by atoms with Gasteiger partial charge in [0, 0.05) is 12.7 Å². The second kappa shape index (κ2) is 3.50. The molecule has 0 radical (unpaired) electrons. The fourth-order valence-corrected chi connectivity index (χ4v) is 2.05. The van der Waals surface area contributed by atoms with Gasteiger partial charge in [-0.25, -0.2) is 0 Å². The van der Waals surface area contributed by atoms with Gasteiger partial charge in [0.05, 0.1) is 5.69 Å². The van der Waals surface area contributed by atoms with Crippen molar-refractivity contribution in [1.29, 1.82) is 0 Å². The van der Waals surface area contributed by atoms with E-state index in [9.17, 15) is 4.79 Å². The Morgan fingerprint density at radius 2 is 2.43 bits per heavy atom. The highest BCUT2D eigenvalue weighted by molar-refractivity contribution is 5.83. The molecule has 0 N–H and O–H groups in total. The van der Waals surface area contributed by atoms with Crippen molar-refractivity contribution in [2.75, 3.05) is 13.6 Å². The lowest BCUT2D eigenvalue weighted by Crippen LogP contribution is -2.36. The van der Waals surface area contributed by atoms with Gasteiger partial charge in [-0.05, 0) is 32.0 Å². The van der Waals surface area contributed by atoms with E-state index in [1.807, 2.05) is 13.1 Å². The van der Waals surface area contributed by atoms with Crippen LogP contribution in [-0.2, 0) is 11.2 Å². The molecule has 3 heteroatoms. The van der Waals surface area contributed by atoms with Crippen LogP contribution in [0.2, 0.25) is 0 Å². The number of fused-ring (bicyclic) bond motifs is 1. The molecule has 14 heavy (non-hydrogen) atoms. The van der Waals surface area contributed by atoms with Crippen LogP contribution in [0.3, 0.4) is 0 Å². The molecule has 1 aliphatic rings. The number of carbonyl (C=O) groups excluding carboxylic acids is 1. The summed E-state index contributed by atoms with van der Waals surface area (Å²) in [7, 11) is 1.98. The van der Waals surface area contributed by atoms with Gasteiger partial charge in [0.25, 0.3) is 0 Å². The number of rotatable bonds is 1. The number of likely N-dealkylation sites (N-methyl/N-ethyl adjacent to an activating group) is 1. The number of hydrogen-bond acceptors (Lipinski definition) is 3. The lowest BCUT2D eigenvalue weighted by molar-refractivity contribution is -0.122. The number of Topliss-reactive ketones (excluding diaryl/α,β-unsaturated/α-hetero) is 1. The molecule has 0 spiro atoms. The molecule has 0 fully saturated rings. The van der Waals surface area contributed by atoms with E-state index in [2.05, 4.69) is 16.0 Å². The summed E-state index contributed by atoms with van der Waals surface area (Å²) in [6.45, 7) is 2.56. The first-order valence-electron chi connectivity index (χ1n) is 4.84. The topological polar surface area (TPSA) is 33.2 Å². The summed E-state index contributed by atoms with van der Waals surface area (Å²) in [4.78, 5) is 17.9. The molecule has 0 saturated heterocycles. The van der Waals surface area contributed by atoms with E-state index in [4.69, 9.17) is 0 Å². The molecule has 0 aliphatic carbocycles. The minimum Gasteiger partial charge on any atom is -0.298 e. The number of pyridine rings is 1. The Morgan fingerprint density at radius 3 is 3.14 bits per heavy atom. The van der Waals surface area contributed by atoms with Crippen molar-refractivity contribution in [1.82, 2.24) is 9.88 Å². The van der Waals surface area contributed by atoms with E-state index in [1.165, 1.54) is 5.56 Å². The summed E-state index contributed by atoms with van der Waals surface area (Å²) < 4.78 is 0. The Labute approximate surface area is 83.8 Å². The zero-order valence-electron chi connectivity index (χ0n) is 8.53. The standard InChI is InChI=1S/C11H14N2O/c1-8(14)11-10-9(4-3-6-12-10)5-7-13(11)2/h3-4,6,11H,5,7H2,1-2H3. The normalized spacial score (nSPS) is 21.7. The molecular formula is C11H14N2O. The van der Waals surface area contributed by atoms with Crippen LogP contribution in [0.4, 0.5) is 0 Å². The van der Waals surface area contributed by atoms with Gasteiger partial charge in [-0.2, -0.15) is 0 Å². The van der Waals surface area contributed by atoms with Gasteiger partial charge in [0.1, 0.15) is 6.04 Å². The second-order valence-electron chi connectivity index (χ2n) is 3.79. The number of nitrogens with zero attached hydrogens (tertiary/aromatic N) is 2. The van der Waals surface area contributed by atoms with Crippen LogP contribution in [0.1, 0.15) is 24.2 Å². The summed E-state index contributed by atoms with van der Waals surface area (Å²) in [6.07, 6.45) is 2.75. The van der Waals surface area contributed by atoms with Crippen molar-refractivity contribution < 1.29 is 4.79 Å². The highest BCUT2D eigenvalue weighted by Crippen LogP contribution is 2.26. The predicted octanol–water partition coefficient (Wildman–Crippen LogP) is 1.20. The summed E-state index contributed by atoms with van der Waals surface area (Å²) >= 11 is 0. The van der Waals surface area contributed by atoms with Crippen molar-refractivity contribution in [3.63, 3.8) is 0 Å². The minimum absolute atomic E-state index is 0.139. The molecule has 0 amide bonds. The van der Waals surface area contributed by atoms with Crippen LogP contribution >= 0.6 is 0 Å². The second-order valence-corrected chi connectivity index (χ2v) is 3.79. The highest BCUT2D eigenvalue weighted by Gasteiger charge is 2.28. The molecule has 0 saturated carbocycles. The van der Waals surface area contributed by atoms with Crippen molar-refractivity contribution in [2.45, 2.75) is 19.4 Å². The van der Waals surface area contributed by atoms with Gasteiger partial charge in [0.2, 0.25) is 0 Å². The monoisotopic (exact) mass is 190 g/mol. The minimum atomic E-state index is -0.139. The van der Waals surface area contributed by atoms with Gasteiger partial charge in [-0.3, -0.25) is 14.7 Å². The van der Waals surface area contributed by atoms with E-state index in [0.717, 1.165) is 18.7 Å². The molecular weight excluding hydrogens is 176 g/mol. The molecule has 3 nitrogen and oxygen atoms in total. The molecule has 0 aromatic carbocycles. The fraction of sp³-hybridized carbons (Fsp3) is 0.455. The molecule has 0 bridgehead atoms. The Hall–Kier alpha value is -1.22. The first kappa shape index (κ1) is 9.34. The van der Waals surface area contributed by atoms with Gasteiger partial charge in [0.15, 0.2) is 5.78 Å². The lowest BCUT2D eigenvalue weighted by Gasteiger charge is -2.31. The van der Waals surface area contributed by atoms with Gasteiger partial charge in [-0.1, -0.05) is 6.07 Å². The summed E-state index contributed by atoms with van der Waals surface area (Å²) in [5, 5.41) is 0. The highest BCUT2D eigenvalue weighted by atomic mass is 16.1. The van der Waals surface area contributed by atoms with Crippen LogP contribution in [0.5, 0.6) is 0 Å². The maximum absolute atomic E-state index is 11.5. The third kappa shape index (κ3) is 1.44. The lowest BCUT2D eigenvalue weighted by atomic mass is 9.96. The van der Waals surface area contributed by atoms with E-state index < -0.39 is 0 Å². The summed E-state index contributed by atoms with van der Waals surface area (Å²) in [5.74, 6) is 0.173. The van der Waals surface area contributed by atoms with E-state index in [1.54, 1.807) is 13.1 Å². The van der Waals surface area contributed by atoms with E-state index >= 15 is 0 Å². The molecule has 1 aromatic heterocycles. The Kier molecular flexibility index (Phi) is 2.33. The third-order valence-corrected chi connectivity index (χ3v) is 2.74. The Bertz CT molecular complexity index is 362. The molecule has 2 rings (SSSR count). The Balaban J connectivity index is 2.46. The molecule has 1 unspecified atom stereocenters. The van der Waals surface area contributed by atoms with Gasteiger partial charge >= 0.3 is 0 Å². The third-order valence-electron chi connectivity index (χ3n) is 2.74. The number of aromatic nitrogens is 1. The summed E-state index contributed by atoms with van der Waals surface area (Å²) in [6, 6.07) is 3.85. The maximum atomic E-state index is 11.5. The van der Waals surface area contributed by atoms with E-state index in [-0.39, 0.29) is 11.8 Å². The smallest absolute Gasteiger partial charge is 0.153 e. The van der Waals surface area contributed by atoms with Crippen molar-refractivity contribution in [3.05, 3.63) is 29.6 Å². The van der Waals surface area contributed by atoms with Crippen LogP contribution in [0.15, 0.2) is 18.3 Å². The van der Waals surface area contributed by atoms with Crippen LogP contribution in [-0.4, -0.2) is 29.3 Å². The molecule has 74 valence electrons. The molecule has 1 atom stereocenters. The summed E-state index contributed by atoms with van der Waals surface area (Å²) in [5.41, 5.74) is 2.15. The molecule has 1 aromatic rings. The predicted molar refractivity (Wildman–Crippen MR) is 54.0 cm³/mol. The van der Waals surface area contributed by atoms with Crippen LogP contribution in [0.25, 0.3) is 0 Å². The fourth-order valence-electron chi connectivity index (χ4n) is 2.05. The average Bonchev–Trinajstić information content (AvgIpc) is 2.17. The van der Waals surface area contributed by atoms with Crippen LogP contribution in [0, 0.1) is 0 Å². The number of carbonyl (C=O) groups is 1. The molecule has 1 aliphatic heterocycles. The quantitative estimate of drug-likeness (QED) is 0.667. The number of ketones is 1. The maximum Gasteiger partial charge on any atom is 0.153 e. The number of hydrogen-bond donors (Lipinski definition) is 0. The largest absolute Gasteiger partial charge is 0.298 e. The van der Waals surface area contributed by atoms with E-state index in [0.29, 0.717) is 0 Å².